The highest BCUT2D eigenvalue weighted by molar-refractivity contribution is 5.89. The third-order valence-electron chi connectivity index (χ3n) is 4.09. The van der Waals surface area contributed by atoms with Gasteiger partial charge in [0.1, 0.15) is 6.61 Å². The molecule has 0 aliphatic heterocycles. The quantitative estimate of drug-likeness (QED) is 0.547. The van der Waals surface area contributed by atoms with Crippen molar-refractivity contribution in [2.24, 2.45) is 5.22 Å². The van der Waals surface area contributed by atoms with Crippen molar-refractivity contribution in [3.05, 3.63) is 40.9 Å². The number of ether oxygens (including phenoxy) is 1. The Morgan fingerprint density at radius 1 is 1.50 bits per heavy atom. The molecule has 8 nitrogen and oxygen atoms in total. The van der Waals surface area contributed by atoms with Gasteiger partial charge in [0.15, 0.2) is 0 Å². The minimum atomic E-state index is -0.586. The molecular weight excluding hydrogens is 308 g/mol. The Bertz CT molecular complexity index is 709. The van der Waals surface area contributed by atoms with Crippen molar-refractivity contribution in [1.82, 2.24) is 15.6 Å². The first-order chi connectivity index (χ1) is 11.7. The largest absolute Gasteiger partial charge is 0.493 e. The summed E-state index contributed by atoms with van der Waals surface area (Å²) in [5.41, 5.74) is 12.1. The number of amides is 2. The SMILES string of the molecule is CC1=C(OCc2c(NC(=O)NN=N)cnnc2C2CC2)CCC=C1. The van der Waals surface area contributed by atoms with E-state index in [-0.39, 0.29) is 0 Å². The number of allylic oxidation sites excluding steroid dienone is 4. The number of nitrogens with one attached hydrogen (secondary N) is 3. The van der Waals surface area contributed by atoms with Crippen LogP contribution in [0.2, 0.25) is 0 Å². The summed E-state index contributed by atoms with van der Waals surface area (Å²) < 4.78 is 6.01. The molecule has 8 heteroatoms. The van der Waals surface area contributed by atoms with Gasteiger partial charge >= 0.3 is 6.03 Å². The molecule has 0 radical (unpaired) electrons. The van der Waals surface area contributed by atoms with Crippen LogP contribution in [0.4, 0.5) is 10.5 Å². The summed E-state index contributed by atoms with van der Waals surface area (Å²) in [5.74, 6) is 1.34. The molecule has 126 valence electrons. The van der Waals surface area contributed by atoms with Crippen LogP contribution in [-0.2, 0) is 11.3 Å². The minimum Gasteiger partial charge on any atom is -0.493 e. The number of nitrogens with zero attached hydrogens (tertiary/aromatic N) is 3. The predicted octanol–water partition coefficient (Wildman–Crippen LogP) is 3.56. The maximum absolute atomic E-state index is 11.7. The molecule has 2 amide bonds. The third-order valence-corrected chi connectivity index (χ3v) is 4.09. The Labute approximate surface area is 139 Å². The molecule has 1 saturated carbocycles. The zero-order valence-corrected chi connectivity index (χ0v) is 13.5. The van der Waals surface area contributed by atoms with Crippen molar-refractivity contribution in [2.45, 2.75) is 45.1 Å². The van der Waals surface area contributed by atoms with Crippen molar-refractivity contribution in [3.8, 4) is 0 Å². The van der Waals surface area contributed by atoms with E-state index in [9.17, 15) is 4.79 Å². The number of urea groups is 1. The Balaban J connectivity index is 1.82. The van der Waals surface area contributed by atoms with Gasteiger partial charge in [-0.15, -0.1) is 0 Å². The summed E-state index contributed by atoms with van der Waals surface area (Å²) in [5, 5.41) is 13.7. The minimum absolute atomic E-state index is 0.329. The van der Waals surface area contributed by atoms with Crippen LogP contribution < -0.4 is 10.7 Å². The highest BCUT2D eigenvalue weighted by Gasteiger charge is 2.30. The normalized spacial score (nSPS) is 16.7. The maximum atomic E-state index is 11.7. The van der Waals surface area contributed by atoms with E-state index < -0.39 is 6.03 Å². The van der Waals surface area contributed by atoms with E-state index in [1.165, 1.54) is 6.20 Å². The van der Waals surface area contributed by atoms with Gasteiger partial charge in [-0.1, -0.05) is 17.4 Å². The lowest BCUT2D eigenvalue weighted by Crippen LogP contribution is -2.24. The van der Waals surface area contributed by atoms with E-state index in [0.717, 1.165) is 48.3 Å². The molecule has 0 atom stereocenters. The molecule has 2 aliphatic rings. The van der Waals surface area contributed by atoms with E-state index in [2.05, 4.69) is 32.9 Å². The average molecular weight is 328 g/mol. The first-order valence-corrected chi connectivity index (χ1v) is 7.96. The van der Waals surface area contributed by atoms with E-state index >= 15 is 0 Å². The van der Waals surface area contributed by atoms with E-state index in [1.807, 2.05) is 12.3 Å². The zero-order valence-electron chi connectivity index (χ0n) is 13.5. The lowest BCUT2D eigenvalue weighted by Gasteiger charge is -2.18. The van der Waals surface area contributed by atoms with E-state index in [4.69, 9.17) is 10.3 Å². The monoisotopic (exact) mass is 328 g/mol. The molecule has 1 heterocycles. The molecule has 3 N–H and O–H groups in total. The van der Waals surface area contributed by atoms with E-state index in [0.29, 0.717) is 18.2 Å². The summed E-state index contributed by atoms with van der Waals surface area (Å²) in [4.78, 5) is 11.7. The number of rotatable bonds is 6. The van der Waals surface area contributed by atoms with Gasteiger partial charge in [-0.3, -0.25) is 0 Å². The molecule has 0 aromatic carbocycles. The Morgan fingerprint density at radius 2 is 2.33 bits per heavy atom. The van der Waals surface area contributed by atoms with Crippen molar-refractivity contribution < 1.29 is 9.53 Å². The van der Waals surface area contributed by atoms with Crippen LogP contribution in [0.1, 0.15) is 49.8 Å². The molecule has 0 saturated heterocycles. The van der Waals surface area contributed by atoms with Crippen LogP contribution in [-0.4, -0.2) is 16.2 Å². The Hall–Kier alpha value is -2.77. The van der Waals surface area contributed by atoms with Gasteiger partial charge in [0.2, 0.25) is 0 Å². The molecular formula is C16H20N6O2. The predicted molar refractivity (Wildman–Crippen MR) is 87.2 cm³/mol. The Morgan fingerprint density at radius 3 is 3.04 bits per heavy atom. The number of carbonyl (C=O) groups is 1. The van der Waals surface area contributed by atoms with Crippen molar-refractivity contribution in [2.75, 3.05) is 5.32 Å². The van der Waals surface area contributed by atoms with Crippen LogP contribution >= 0.6 is 0 Å². The topological polar surface area (TPSA) is 112 Å². The molecule has 1 fully saturated rings. The fraction of sp³-hybridized carbons (Fsp3) is 0.438. The van der Waals surface area contributed by atoms with Crippen molar-refractivity contribution >= 4 is 11.7 Å². The van der Waals surface area contributed by atoms with Gasteiger partial charge in [0.25, 0.3) is 0 Å². The Kier molecular flexibility index (Phi) is 4.83. The van der Waals surface area contributed by atoms with E-state index in [1.54, 1.807) is 0 Å². The number of anilines is 1. The second-order valence-electron chi connectivity index (χ2n) is 5.91. The summed E-state index contributed by atoms with van der Waals surface area (Å²) in [7, 11) is 0. The van der Waals surface area contributed by atoms with Crippen LogP contribution in [0, 0.1) is 5.53 Å². The second-order valence-corrected chi connectivity index (χ2v) is 5.91. The molecule has 1 aromatic heterocycles. The zero-order chi connectivity index (χ0) is 16.9. The van der Waals surface area contributed by atoms with Crippen LogP contribution in [0.15, 0.2) is 34.9 Å². The first-order valence-electron chi connectivity index (χ1n) is 7.96. The van der Waals surface area contributed by atoms with Gasteiger partial charge in [-0.25, -0.2) is 10.2 Å². The lowest BCUT2D eigenvalue weighted by molar-refractivity contribution is 0.185. The fourth-order valence-electron chi connectivity index (χ4n) is 2.68. The van der Waals surface area contributed by atoms with Crippen molar-refractivity contribution in [3.63, 3.8) is 0 Å². The number of hydrogen-bond donors (Lipinski definition) is 3. The second kappa shape index (κ2) is 7.20. The molecule has 24 heavy (non-hydrogen) atoms. The molecule has 2 aliphatic carbocycles. The number of carbonyl (C=O) groups excluding carboxylic acids is 1. The van der Waals surface area contributed by atoms with Gasteiger partial charge in [-0.05, 0) is 31.8 Å². The smallest absolute Gasteiger partial charge is 0.341 e. The highest BCUT2D eigenvalue weighted by Crippen LogP contribution is 2.42. The van der Waals surface area contributed by atoms with Gasteiger partial charge in [-0.2, -0.15) is 15.7 Å². The fourth-order valence-corrected chi connectivity index (χ4v) is 2.68. The number of aromatic nitrogens is 2. The number of hydrogen-bond acceptors (Lipinski definition) is 6. The summed E-state index contributed by atoms with van der Waals surface area (Å²) in [6, 6.07) is -0.586. The maximum Gasteiger partial charge on any atom is 0.341 e. The summed E-state index contributed by atoms with van der Waals surface area (Å²) in [6.07, 6.45) is 9.68. The highest BCUT2D eigenvalue weighted by atomic mass is 16.5. The molecule has 0 spiro atoms. The molecule has 1 aromatic rings. The third kappa shape index (κ3) is 3.76. The summed E-state index contributed by atoms with van der Waals surface area (Å²) >= 11 is 0. The first kappa shape index (κ1) is 16.1. The average Bonchev–Trinajstić information content (AvgIpc) is 3.40. The lowest BCUT2D eigenvalue weighted by atomic mass is 10.1. The molecule has 0 bridgehead atoms. The van der Waals surface area contributed by atoms with Crippen molar-refractivity contribution in [1.29, 1.82) is 5.53 Å². The van der Waals surface area contributed by atoms with Crippen LogP contribution in [0.5, 0.6) is 0 Å². The van der Waals surface area contributed by atoms with Gasteiger partial charge in [0.05, 0.1) is 23.3 Å². The summed E-state index contributed by atoms with van der Waals surface area (Å²) in [6.45, 7) is 2.36. The van der Waals surface area contributed by atoms with Gasteiger partial charge in [0, 0.05) is 17.9 Å². The van der Waals surface area contributed by atoms with Crippen LogP contribution in [0.25, 0.3) is 0 Å². The van der Waals surface area contributed by atoms with Crippen LogP contribution in [0.3, 0.4) is 0 Å². The van der Waals surface area contributed by atoms with Gasteiger partial charge < -0.3 is 10.1 Å². The molecule has 3 rings (SSSR count). The standard InChI is InChI=1S/C16H20N6O2/c1-10-4-2-3-5-14(10)24-9-12-13(19-16(23)21-22-17)8-18-20-15(12)11-6-7-11/h2,4,8,11H,3,5-7,9H2,1H3,(H3,17,19,20,21,23). The molecule has 0 unspecified atom stereocenters.